The fourth-order valence-corrected chi connectivity index (χ4v) is 4.36. The summed E-state index contributed by atoms with van der Waals surface area (Å²) in [7, 11) is 0. The van der Waals surface area contributed by atoms with Crippen LogP contribution in [0.3, 0.4) is 0 Å². The minimum Gasteiger partial charge on any atom is -0.491 e. The Kier molecular flexibility index (Phi) is 26.5. The zero-order valence-corrected chi connectivity index (χ0v) is 25.0. The van der Waals surface area contributed by atoms with E-state index in [0.717, 1.165) is 25.2 Å². The Hall–Kier alpha value is -1.14. The molecule has 0 atom stereocenters. The van der Waals surface area contributed by atoms with Crippen molar-refractivity contribution < 1.29 is 23.7 Å². The van der Waals surface area contributed by atoms with Crippen molar-refractivity contribution in [3.05, 3.63) is 29.8 Å². The molecule has 0 aliphatic rings. The first kappa shape index (κ1) is 34.9. The molecular weight excluding hydrogens is 476 g/mol. The lowest BCUT2D eigenvalue weighted by atomic mass is 10.0. The van der Waals surface area contributed by atoms with Crippen LogP contribution in [0.4, 0.5) is 0 Å². The van der Waals surface area contributed by atoms with Crippen molar-refractivity contribution in [3.63, 3.8) is 0 Å². The number of hydrogen-bond donors (Lipinski definition) is 0. The zero-order valence-electron chi connectivity index (χ0n) is 25.0. The van der Waals surface area contributed by atoms with E-state index in [1.54, 1.807) is 0 Å². The molecule has 0 aliphatic heterocycles. The summed E-state index contributed by atoms with van der Waals surface area (Å²) in [6, 6.07) is 8.52. The standard InChI is InChI=1S/C33H60O5/c1-3-5-7-9-11-13-15-17-23-34-24-25-35-26-27-36-28-29-37-30-31-38-33-21-19-32(20-22-33)18-16-14-12-10-8-6-4-2/h19-22H,3-18,23-31H2,1-2H3. The molecule has 1 rings (SSSR count). The summed E-state index contributed by atoms with van der Waals surface area (Å²) in [5.74, 6) is 0.909. The first-order valence-corrected chi connectivity index (χ1v) is 15.9. The van der Waals surface area contributed by atoms with E-state index in [4.69, 9.17) is 23.7 Å². The molecule has 0 heterocycles. The van der Waals surface area contributed by atoms with E-state index < -0.39 is 0 Å². The second kappa shape index (κ2) is 28.9. The van der Waals surface area contributed by atoms with Crippen LogP contribution in [-0.4, -0.2) is 59.5 Å². The van der Waals surface area contributed by atoms with Gasteiger partial charge in [-0.05, 0) is 37.0 Å². The van der Waals surface area contributed by atoms with Gasteiger partial charge >= 0.3 is 0 Å². The highest BCUT2D eigenvalue weighted by molar-refractivity contribution is 5.27. The Labute approximate surface area is 235 Å². The Morgan fingerprint density at radius 3 is 1.29 bits per heavy atom. The third-order valence-corrected chi connectivity index (χ3v) is 6.75. The summed E-state index contributed by atoms with van der Waals surface area (Å²) >= 11 is 0. The molecule has 5 heteroatoms. The zero-order chi connectivity index (χ0) is 27.2. The van der Waals surface area contributed by atoms with Gasteiger partial charge in [0.1, 0.15) is 12.4 Å². The fourth-order valence-electron chi connectivity index (χ4n) is 4.36. The largest absolute Gasteiger partial charge is 0.491 e. The van der Waals surface area contributed by atoms with Crippen LogP contribution in [-0.2, 0) is 25.4 Å². The molecule has 0 bridgehead atoms. The molecule has 0 radical (unpaired) electrons. The number of ether oxygens (including phenoxy) is 5. The minimum atomic E-state index is 0.555. The highest BCUT2D eigenvalue weighted by Gasteiger charge is 1.98. The van der Waals surface area contributed by atoms with Crippen LogP contribution in [0.15, 0.2) is 24.3 Å². The summed E-state index contributed by atoms with van der Waals surface area (Å²) in [4.78, 5) is 0. The quantitative estimate of drug-likeness (QED) is 0.0922. The lowest BCUT2D eigenvalue weighted by Crippen LogP contribution is -2.13. The van der Waals surface area contributed by atoms with Gasteiger partial charge < -0.3 is 23.7 Å². The summed E-state index contributed by atoms with van der Waals surface area (Å²) in [6.45, 7) is 10.1. The Bertz CT molecular complexity index is 577. The number of hydrogen-bond acceptors (Lipinski definition) is 5. The molecule has 1 aromatic carbocycles. The molecule has 38 heavy (non-hydrogen) atoms. The van der Waals surface area contributed by atoms with Gasteiger partial charge in [-0.1, -0.05) is 109 Å². The molecule has 1 aromatic rings. The van der Waals surface area contributed by atoms with E-state index in [1.807, 2.05) is 0 Å². The maximum absolute atomic E-state index is 5.78. The third-order valence-electron chi connectivity index (χ3n) is 6.75. The molecule has 0 spiro atoms. The second-order valence-electron chi connectivity index (χ2n) is 10.3. The van der Waals surface area contributed by atoms with Crippen molar-refractivity contribution in [2.45, 2.75) is 117 Å². The van der Waals surface area contributed by atoms with Crippen molar-refractivity contribution in [1.82, 2.24) is 0 Å². The Balaban J connectivity index is 1.78. The first-order chi connectivity index (χ1) is 18.9. The van der Waals surface area contributed by atoms with Crippen LogP contribution in [0.25, 0.3) is 0 Å². The van der Waals surface area contributed by atoms with Gasteiger partial charge in [-0.25, -0.2) is 0 Å². The van der Waals surface area contributed by atoms with Crippen LogP contribution < -0.4 is 4.74 Å². The Morgan fingerprint density at radius 2 is 0.789 bits per heavy atom. The van der Waals surface area contributed by atoms with Gasteiger partial charge in [0.15, 0.2) is 0 Å². The van der Waals surface area contributed by atoms with Gasteiger partial charge in [0.2, 0.25) is 0 Å². The molecule has 0 amide bonds. The van der Waals surface area contributed by atoms with E-state index >= 15 is 0 Å². The minimum absolute atomic E-state index is 0.555. The van der Waals surface area contributed by atoms with Gasteiger partial charge in [-0.2, -0.15) is 0 Å². The lowest BCUT2D eigenvalue weighted by Gasteiger charge is -2.09. The van der Waals surface area contributed by atoms with E-state index in [9.17, 15) is 0 Å². The summed E-state index contributed by atoms with van der Waals surface area (Å²) < 4.78 is 28.1. The SMILES string of the molecule is CCCCCCCCCCOCCOCCOCCOCCOc1ccc(CCCCCCCCC)cc1. The molecule has 222 valence electrons. The van der Waals surface area contributed by atoms with Crippen molar-refractivity contribution in [3.8, 4) is 5.75 Å². The fraction of sp³-hybridized carbons (Fsp3) is 0.818. The van der Waals surface area contributed by atoms with Gasteiger partial charge in [0, 0.05) is 6.61 Å². The van der Waals surface area contributed by atoms with Gasteiger partial charge in [0.05, 0.1) is 46.2 Å². The van der Waals surface area contributed by atoms with Crippen molar-refractivity contribution in [2.24, 2.45) is 0 Å². The summed E-state index contributed by atoms with van der Waals surface area (Å²) in [5.41, 5.74) is 1.40. The molecule has 0 N–H and O–H groups in total. The average molecular weight is 537 g/mol. The highest BCUT2D eigenvalue weighted by atomic mass is 16.6. The van der Waals surface area contributed by atoms with Crippen molar-refractivity contribution in [1.29, 1.82) is 0 Å². The van der Waals surface area contributed by atoms with Crippen LogP contribution in [0.5, 0.6) is 5.75 Å². The Morgan fingerprint density at radius 1 is 0.395 bits per heavy atom. The molecule has 0 fully saturated rings. The van der Waals surface area contributed by atoms with Crippen LogP contribution in [0, 0.1) is 0 Å². The first-order valence-electron chi connectivity index (χ1n) is 15.9. The maximum atomic E-state index is 5.78. The topological polar surface area (TPSA) is 46.2 Å². The summed E-state index contributed by atoms with van der Waals surface area (Å²) in [6.07, 6.45) is 21.3. The van der Waals surface area contributed by atoms with Crippen LogP contribution in [0.1, 0.15) is 116 Å². The number of rotatable bonds is 30. The van der Waals surface area contributed by atoms with Gasteiger partial charge in [-0.3, -0.25) is 0 Å². The monoisotopic (exact) mass is 536 g/mol. The van der Waals surface area contributed by atoms with Gasteiger partial charge in [0.25, 0.3) is 0 Å². The highest BCUT2D eigenvalue weighted by Crippen LogP contribution is 2.15. The molecule has 0 aromatic heterocycles. The molecule has 0 saturated heterocycles. The normalized spacial score (nSPS) is 11.3. The molecule has 0 aliphatic carbocycles. The third kappa shape index (κ3) is 23.9. The molecule has 0 unspecified atom stereocenters. The summed E-state index contributed by atoms with van der Waals surface area (Å²) in [5, 5.41) is 0. The number of aryl methyl sites for hydroxylation is 1. The van der Waals surface area contributed by atoms with Crippen LogP contribution in [0.2, 0.25) is 0 Å². The lowest BCUT2D eigenvalue weighted by molar-refractivity contribution is -0.00487. The van der Waals surface area contributed by atoms with Gasteiger partial charge in [-0.15, -0.1) is 0 Å². The van der Waals surface area contributed by atoms with Crippen molar-refractivity contribution in [2.75, 3.05) is 59.5 Å². The second-order valence-corrected chi connectivity index (χ2v) is 10.3. The number of unbranched alkanes of at least 4 members (excludes halogenated alkanes) is 13. The molecule has 0 saturated carbocycles. The van der Waals surface area contributed by atoms with E-state index in [2.05, 4.69) is 38.1 Å². The predicted octanol–water partition coefficient (Wildman–Crippen LogP) is 8.57. The average Bonchev–Trinajstić information content (AvgIpc) is 2.94. The number of benzene rings is 1. The van der Waals surface area contributed by atoms with Crippen LogP contribution >= 0.6 is 0 Å². The molecular formula is C33H60O5. The van der Waals surface area contributed by atoms with Crippen molar-refractivity contribution >= 4 is 0 Å². The smallest absolute Gasteiger partial charge is 0.119 e. The predicted molar refractivity (Wildman–Crippen MR) is 160 cm³/mol. The van der Waals surface area contributed by atoms with E-state index in [1.165, 1.54) is 95.5 Å². The molecule has 5 nitrogen and oxygen atoms in total. The van der Waals surface area contributed by atoms with E-state index in [0.29, 0.717) is 52.9 Å². The maximum Gasteiger partial charge on any atom is 0.119 e. The van der Waals surface area contributed by atoms with E-state index in [-0.39, 0.29) is 0 Å².